The summed E-state index contributed by atoms with van der Waals surface area (Å²) in [6.07, 6.45) is 1.30. The van der Waals surface area contributed by atoms with E-state index in [-0.39, 0.29) is 0 Å². The molecule has 1 heterocycles. The molecule has 140 valence electrons. The number of rotatable bonds is 8. The van der Waals surface area contributed by atoms with Crippen LogP contribution in [0.5, 0.6) is 0 Å². The number of carbonyl (C=O) groups is 2. The molecule has 2 amide bonds. The summed E-state index contributed by atoms with van der Waals surface area (Å²) in [7, 11) is 0.309. The van der Waals surface area contributed by atoms with Crippen LogP contribution in [0.15, 0.2) is 0 Å². The molecular weight excluding hydrogens is 328 g/mol. The summed E-state index contributed by atoms with van der Waals surface area (Å²) in [5, 5.41) is 11.4. The van der Waals surface area contributed by atoms with Gasteiger partial charge in [-0.05, 0) is 37.6 Å². The number of hydrogen-bond donors (Lipinski definition) is 2. The van der Waals surface area contributed by atoms with E-state index >= 15 is 0 Å². The van der Waals surface area contributed by atoms with Crippen LogP contribution >= 0.6 is 0 Å². The Labute approximate surface area is 145 Å². The Morgan fingerprint density at radius 2 is 2.12 bits per heavy atom. The molecule has 24 heavy (non-hydrogen) atoms. The van der Waals surface area contributed by atoms with Crippen molar-refractivity contribution in [2.75, 3.05) is 26.9 Å². The van der Waals surface area contributed by atoms with E-state index in [1.807, 2.05) is 0 Å². The lowest BCUT2D eigenvalue weighted by Crippen LogP contribution is -2.49. The zero-order valence-electron chi connectivity index (χ0n) is 15.3. The Morgan fingerprint density at radius 1 is 1.42 bits per heavy atom. The Bertz CT molecular complexity index is 408. The van der Waals surface area contributed by atoms with Gasteiger partial charge in [0.2, 0.25) is 0 Å². The van der Waals surface area contributed by atoms with Crippen molar-refractivity contribution in [2.24, 2.45) is 5.92 Å². The quantitative estimate of drug-likeness (QED) is 0.513. The molecule has 2 atom stereocenters. The summed E-state index contributed by atoms with van der Waals surface area (Å²) in [6.45, 7) is 8.54. The number of ether oxygens (including phenoxy) is 2. The molecule has 0 aromatic rings. The molecule has 0 bridgehead atoms. The lowest BCUT2D eigenvalue weighted by molar-refractivity contribution is 0.0450. The smallest absolute Gasteiger partial charge is 0.411 e. The maximum atomic E-state index is 12.2. The van der Waals surface area contributed by atoms with Gasteiger partial charge in [-0.15, -0.1) is 0 Å². The molecule has 2 N–H and O–H groups in total. The minimum atomic E-state index is -1.27. The zero-order valence-corrected chi connectivity index (χ0v) is 16.3. The summed E-state index contributed by atoms with van der Waals surface area (Å²) in [4.78, 5) is 24.5. The molecule has 0 aromatic carbocycles. The minimum Gasteiger partial charge on any atom is -0.465 e. The van der Waals surface area contributed by atoms with Crippen molar-refractivity contribution in [2.45, 2.75) is 57.5 Å². The van der Waals surface area contributed by atoms with Crippen molar-refractivity contribution in [1.82, 2.24) is 10.2 Å². The normalized spacial score (nSPS) is 19.4. The molecular formula is C16H32N2O5Si. The topological polar surface area (TPSA) is 88.1 Å². The highest BCUT2D eigenvalue weighted by Crippen LogP contribution is 2.20. The highest BCUT2D eigenvalue weighted by molar-refractivity contribution is 6.76. The molecule has 1 aliphatic heterocycles. The van der Waals surface area contributed by atoms with Crippen LogP contribution in [-0.4, -0.2) is 63.3 Å². The molecule has 1 saturated heterocycles. The van der Waals surface area contributed by atoms with Gasteiger partial charge in [-0.3, -0.25) is 4.90 Å². The number of nitrogens with zero attached hydrogens (tertiary/aromatic N) is 1. The minimum absolute atomic E-state index is 0.384. The lowest BCUT2D eigenvalue weighted by atomic mass is 9.96. The van der Waals surface area contributed by atoms with Gasteiger partial charge in [0, 0.05) is 28.3 Å². The van der Waals surface area contributed by atoms with Gasteiger partial charge in [0.1, 0.15) is 6.17 Å². The molecule has 0 aliphatic carbocycles. The van der Waals surface area contributed by atoms with E-state index in [2.05, 4.69) is 25.0 Å². The predicted octanol–water partition coefficient (Wildman–Crippen LogP) is 3.19. The third-order valence-electron chi connectivity index (χ3n) is 4.23. The first kappa shape index (κ1) is 20.8. The first-order valence-corrected chi connectivity index (χ1v) is 12.4. The first-order chi connectivity index (χ1) is 11.2. The highest BCUT2D eigenvalue weighted by Gasteiger charge is 2.25. The third-order valence-corrected chi connectivity index (χ3v) is 5.93. The molecule has 8 heteroatoms. The van der Waals surface area contributed by atoms with Crippen molar-refractivity contribution in [3.8, 4) is 0 Å². The van der Waals surface area contributed by atoms with E-state index in [9.17, 15) is 9.59 Å². The molecule has 0 spiro atoms. The van der Waals surface area contributed by atoms with Crippen LogP contribution < -0.4 is 5.32 Å². The Kier molecular flexibility index (Phi) is 8.55. The maximum Gasteiger partial charge on any atom is 0.411 e. The Balaban J connectivity index is 2.48. The fourth-order valence-corrected chi connectivity index (χ4v) is 3.32. The second-order valence-electron chi connectivity index (χ2n) is 7.66. The van der Waals surface area contributed by atoms with Gasteiger partial charge in [-0.25, -0.2) is 9.59 Å². The van der Waals surface area contributed by atoms with Crippen molar-refractivity contribution < 1.29 is 24.2 Å². The lowest BCUT2D eigenvalue weighted by Gasteiger charge is -2.30. The third kappa shape index (κ3) is 8.54. The van der Waals surface area contributed by atoms with E-state index in [0.29, 0.717) is 25.6 Å². The molecule has 7 nitrogen and oxygen atoms in total. The van der Waals surface area contributed by atoms with Gasteiger partial charge in [-0.1, -0.05) is 19.6 Å². The van der Waals surface area contributed by atoms with Crippen LogP contribution in [-0.2, 0) is 9.47 Å². The second-order valence-corrected chi connectivity index (χ2v) is 13.3. The van der Waals surface area contributed by atoms with Gasteiger partial charge >= 0.3 is 12.2 Å². The number of carboxylic acid groups (broad SMARTS) is 1. The van der Waals surface area contributed by atoms with Crippen molar-refractivity contribution in [3.63, 3.8) is 0 Å². The van der Waals surface area contributed by atoms with E-state index in [1.165, 1.54) is 4.90 Å². The Morgan fingerprint density at radius 3 is 2.67 bits per heavy atom. The van der Waals surface area contributed by atoms with Crippen LogP contribution in [0.4, 0.5) is 9.59 Å². The van der Waals surface area contributed by atoms with Crippen molar-refractivity contribution in [1.29, 1.82) is 0 Å². The summed E-state index contributed by atoms with van der Waals surface area (Å²) in [5.41, 5.74) is 0. The van der Waals surface area contributed by atoms with Gasteiger partial charge < -0.3 is 19.9 Å². The van der Waals surface area contributed by atoms with Gasteiger partial charge in [0.05, 0.1) is 6.61 Å². The van der Waals surface area contributed by atoms with Crippen LogP contribution in [0, 0.1) is 5.92 Å². The second kappa shape index (κ2) is 9.88. The SMILES string of the molecule is CN(C(=O)OCC[Si](C)(C)C)C(CCC1CCCOC1)NC(=O)O. The Hall–Kier alpha value is -1.28. The van der Waals surface area contributed by atoms with E-state index in [0.717, 1.165) is 31.9 Å². The van der Waals surface area contributed by atoms with E-state index in [1.54, 1.807) is 7.05 Å². The largest absolute Gasteiger partial charge is 0.465 e. The van der Waals surface area contributed by atoms with Crippen LogP contribution in [0.2, 0.25) is 25.7 Å². The van der Waals surface area contributed by atoms with Crippen molar-refractivity contribution in [3.05, 3.63) is 0 Å². The van der Waals surface area contributed by atoms with Crippen LogP contribution in [0.25, 0.3) is 0 Å². The highest BCUT2D eigenvalue weighted by atomic mass is 28.3. The van der Waals surface area contributed by atoms with E-state index in [4.69, 9.17) is 14.6 Å². The number of nitrogens with one attached hydrogen (secondary N) is 1. The van der Waals surface area contributed by atoms with Gasteiger partial charge in [-0.2, -0.15) is 0 Å². The fourth-order valence-electron chi connectivity index (χ4n) is 2.61. The van der Waals surface area contributed by atoms with E-state index < -0.39 is 26.4 Å². The van der Waals surface area contributed by atoms with Crippen LogP contribution in [0.3, 0.4) is 0 Å². The number of amides is 2. The summed E-state index contributed by atoms with van der Waals surface area (Å²) < 4.78 is 10.7. The molecule has 0 saturated carbocycles. The molecule has 1 fully saturated rings. The number of carbonyl (C=O) groups excluding carboxylic acids is 1. The standard InChI is InChI=1S/C16H32N2O5Si/c1-18(16(21)23-10-11-24(2,3)4)14(17-15(19)20)8-7-13-6-5-9-22-12-13/h13-14,17H,5-12H2,1-4H3,(H,19,20). The molecule has 0 radical (unpaired) electrons. The monoisotopic (exact) mass is 360 g/mol. The van der Waals surface area contributed by atoms with Gasteiger partial charge in [0.25, 0.3) is 0 Å². The first-order valence-electron chi connectivity index (χ1n) is 8.66. The molecule has 2 unspecified atom stereocenters. The summed E-state index contributed by atoms with van der Waals surface area (Å²) in [5.74, 6) is 0.424. The summed E-state index contributed by atoms with van der Waals surface area (Å²) in [6, 6.07) is 0.892. The summed E-state index contributed by atoms with van der Waals surface area (Å²) >= 11 is 0. The average molecular weight is 361 g/mol. The average Bonchev–Trinajstić information content (AvgIpc) is 2.50. The van der Waals surface area contributed by atoms with Crippen LogP contribution in [0.1, 0.15) is 25.7 Å². The fraction of sp³-hybridized carbons (Fsp3) is 0.875. The predicted molar refractivity (Wildman–Crippen MR) is 95.0 cm³/mol. The molecule has 1 aliphatic rings. The van der Waals surface area contributed by atoms with Gasteiger partial charge in [0.15, 0.2) is 0 Å². The zero-order chi connectivity index (χ0) is 18.2. The molecule has 0 aromatic heterocycles. The van der Waals surface area contributed by atoms with Crippen molar-refractivity contribution >= 4 is 20.3 Å². The maximum absolute atomic E-state index is 12.2. The number of hydrogen-bond acceptors (Lipinski definition) is 4. The molecule has 1 rings (SSSR count).